The second-order valence-electron chi connectivity index (χ2n) is 3.26. The van der Waals surface area contributed by atoms with Gasteiger partial charge in [-0.25, -0.2) is 0 Å². The molecule has 0 aromatic heterocycles. The molecule has 82 valence electrons. The third-order valence-corrected chi connectivity index (χ3v) is 2.72. The molecule has 0 aliphatic carbocycles. The molecule has 2 aromatic rings. The lowest BCUT2D eigenvalue weighted by Crippen LogP contribution is -1.97. The molecule has 0 aliphatic rings. The van der Waals surface area contributed by atoms with Crippen LogP contribution in [-0.4, -0.2) is 0 Å². The fraction of sp³-hybridized carbons (Fsp3) is 0. The van der Waals surface area contributed by atoms with Gasteiger partial charge in [-0.1, -0.05) is 30.3 Å². The van der Waals surface area contributed by atoms with Crippen LogP contribution in [-0.2, 0) is 0 Å². The molecule has 16 heavy (non-hydrogen) atoms. The van der Waals surface area contributed by atoms with Crippen molar-refractivity contribution >= 4 is 29.2 Å². The monoisotopic (exact) mass is 231 g/mol. The smallest absolute Gasteiger partial charge is 0.0686 e. The number of nitrogens with two attached hydrogens (primary N) is 1. The number of hydrogen-bond donors (Lipinski definition) is 3. The predicted octanol–water partition coefficient (Wildman–Crippen LogP) is 3.36. The minimum atomic E-state index is 0.741. The Hall–Kier alpha value is -1.81. The van der Waals surface area contributed by atoms with E-state index in [1.165, 1.54) is 12.1 Å². The van der Waals surface area contributed by atoms with Crippen molar-refractivity contribution in [1.82, 2.24) is 0 Å². The largest absolute Gasteiger partial charge is 0.397 e. The molecule has 0 radical (unpaired) electrons. The van der Waals surface area contributed by atoms with E-state index in [1.807, 2.05) is 54.6 Å². The van der Waals surface area contributed by atoms with Crippen LogP contribution >= 0.6 is 12.1 Å². The Morgan fingerprint density at radius 1 is 0.812 bits per heavy atom. The highest BCUT2D eigenvalue weighted by atomic mass is 32.2. The van der Waals surface area contributed by atoms with Gasteiger partial charge in [0.1, 0.15) is 0 Å². The molecule has 0 fully saturated rings. The van der Waals surface area contributed by atoms with Crippen LogP contribution in [0.2, 0.25) is 0 Å². The molecule has 4 heteroatoms. The lowest BCUT2D eigenvalue weighted by Gasteiger charge is -2.09. The number of benzene rings is 2. The van der Waals surface area contributed by atoms with Gasteiger partial charge in [-0.3, -0.25) is 0 Å². The first-order valence-electron chi connectivity index (χ1n) is 4.93. The van der Waals surface area contributed by atoms with Gasteiger partial charge in [-0.05, 0) is 24.3 Å². The highest BCUT2D eigenvalue weighted by molar-refractivity contribution is 8.01. The molecule has 4 N–H and O–H groups in total. The topological polar surface area (TPSA) is 50.1 Å². The van der Waals surface area contributed by atoms with Crippen LogP contribution < -0.4 is 15.2 Å². The Bertz CT molecular complexity index is 445. The summed E-state index contributed by atoms with van der Waals surface area (Å²) in [5.74, 6) is 0. The maximum atomic E-state index is 5.80. The average molecular weight is 231 g/mol. The Morgan fingerprint density at radius 2 is 1.50 bits per heavy atom. The number of para-hydroxylation sites is 3. The Kier molecular flexibility index (Phi) is 3.56. The van der Waals surface area contributed by atoms with Gasteiger partial charge in [0.25, 0.3) is 0 Å². The average Bonchev–Trinajstić information content (AvgIpc) is 2.33. The fourth-order valence-electron chi connectivity index (χ4n) is 1.24. The highest BCUT2D eigenvalue weighted by Crippen LogP contribution is 2.21. The van der Waals surface area contributed by atoms with Crippen molar-refractivity contribution < 1.29 is 0 Å². The van der Waals surface area contributed by atoms with Crippen molar-refractivity contribution in [2.24, 2.45) is 0 Å². The maximum Gasteiger partial charge on any atom is 0.0686 e. The van der Waals surface area contributed by atoms with Gasteiger partial charge in [-0.15, -0.1) is 0 Å². The van der Waals surface area contributed by atoms with E-state index in [4.69, 9.17) is 5.73 Å². The summed E-state index contributed by atoms with van der Waals surface area (Å²) in [6.07, 6.45) is 0. The van der Waals surface area contributed by atoms with Gasteiger partial charge in [-0.2, -0.15) is 0 Å². The van der Waals surface area contributed by atoms with E-state index in [0.29, 0.717) is 0 Å². The molecule has 2 rings (SSSR count). The molecule has 0 bridgehead atoms. The van der Waals surface area contributed by atoms with E-state index < -0.39 is 0 Å². The van der Waals surface area contributed by atoms with Crippen molar-refractivity contribution in [2.45, 2.75) is 0 Å². The first-order chi connectivity index (χ1) is 7.86. The number of anilines is 3. The predicted molar refractivity (Wildman–Crippen MR) is 72.1 cm³/mol. The van der Waals surface area contributed by atoms with Crippen LogP contribution in [0.25, 0.3) is 0 Å². The minimum absolute atomic E-state index is 0.741. The normalized spacial score (nSPS) is 9.75. The fourth-order valence-corrected chi connectivity index (χ4v) is 1.84. The first-order valence-corrected chi connectivity index (χ1v) is 5.75. The third kappa shape index (κ3) is 2.84. The molecule has 0 atom stereocenters. The number of nitrogen functional groups attached to an aromatic ring is 1. The quantitative estimate of drug-likeness (QED) is 0.558. The van der Waals surface area contributed by atoms with E-state index in [-0.39, 0.29) is 0 Å². The minimum Gasteiger partial charge on any atom is -0.397 e. The summed E-state index contributed by atoms with van der Waals surface area (Å²) < 4.78 is 6.31. The zero-order valence-corrected chi connectivity index (χ0v) is 9.50. The van der Waals surface area contributed by atoms with Crippen molar-refractivity contribution in [1.29, 1.82) is 0 Å². The van der Waals surface area contributed by atoms with Crippen molar-refractivity contribution in [3.05, 3.63) is 54.6 Å². The van der Waals surface area contributed by atoms with Gasteiger partial charge in [0.05, 0.1) is 23.5 Å². The van der Waals surface area contributed by atoms with Crippen LogP contribution in [0.3, 0.4) is 0 Å². The Morgan fingerprint density at radius 3 is 2.25 bits per heavy atom. The maximum absolute atomic E-state index is 5.80. The molecule has 0 saturated heterocycles. The SMILES string of the molecule is Nc1ccccc1NSNc1ccccc1. The van der Waals surface area contributed by atoms with Crippen molar-refractivity contribution in [3.63, 3.8) is 0 Å². The molecule has 2 aromatic carbocycles. The van der Waals surface area contributed by atoms with E-state index in [9.17, 15) is 0 Å². The number of rotatable bonds is 4. The summed E-state index contributed by atoms with van der Waals surface area (Å²) >= 11 is 1.39. The number of hydrogen-bond acceptors (Lipinski definition) is 4. The summed E-state index contributed by atoms with van der Waals surface area (Å²) in [5, 5.41) is 0. The van der Waals surface area contributed by atoms with Crippen molar-refractivity contribution in [2.75, 3.05) is 15.2 Å². The second-order valence-corrected chi connectivity index (χ2v) is 3.87. The van der Waals surface area contributed by atoms with E-state index in [0.717, 1.165) is 17.1 Å². The van der Waals surface area contributed by atoms with Crippen LogP contribution in [0.5, 0.6) is 0 Å². The molecule has 0 aliphatic heterocycles. The highest BCUT2D eigenvalue weighted by Gasteiger charge is 1.96. The zero-order valence-electron chi connectivity index (χ0n) is 8.68. The Balaban J connectivity index is 1.87. The zero-order chi connectivity index (χ0) is 11.2. The summed E-state index contributed by atoms with van der Waals surface area (Å²) in [4.78, 5) is 0. The molecular formula is C12H13N3S. The lowest BCUT2D eigenvalue weighted by molar-refractivity contribution is 1.65. The van der Waals surface area contributed by atoms with Gasteiger partial charge < -0.3 is 15.2 Å². The molecule has 0 heterocycles. The van der Waals surface area contributed by atoms with Gasteiger partial charge in [0, 0.05) is 5.69 Å². The third-order valence-electron chi connectivity index (χ3n) is 2.06. The van der Waals surface area contributed by atoms with Gasteiger partial charge in [0.15, 0.2) is 0 Å². The summed E-state index contributed by atoms with van der Waals surface area (Å²) in [5.41, 5.74) is 8.50. The first kappa shape index (κ1) is 10.7. The van der Waals surface area contributed by atoms with Crippen LogP contribution in [0.1, 0.15) is 0 Å². The van der Waals surface area contributed by atoms with Gasteiger partial charge in [0.2, 0.25) is 0 Å². The summed E-state index contributed by atoms with van der Waals surface area (Å²) in [7, 11) is 0. The Labute approximate surface area is 99.3 Å². The van der Waals surface area contributed by atoms with Crippen LogP contribution in [0, 0.1) is 0 Å². The molecule has 3 nitrogen and oxygen atoms in total. The van der Waals surface area contributed by atoms with Crippen molar-refractivity contribution in [3.8, 4) is 0 Å². The molecule has 0 saturated carbocycles. The standard InChI is InChI=1S/C12H13N3S/c13-11-8-4-5-9-12(11)15-16-14-10-6-2-1-3-7-10/h1-9,14-15H,13H2. The second kappa shape index (κ2) is 5.32. The van der Waals surface area contributed by atoms with Crippen LogP contribution in [0.15, 0.2) is 54.6 Å². The molecular weight excluding hydrogens is 218 g/mol. The lowest BCUT2D eigenvalue weighted by atomic mass is 10.3. The van der Waals surface area contributed by atoms with E-state index >= 15 is 0 Å². The summed E-state index contributed by atoms with van der Waals surface area (Å²) in [6.45, 7) is 0. The van der Waals surface area contributed by atoms with E-state index in [1.54, 1.807) is 0 Å². The summed E-state index contributed by atoms with van der Waals surface area (Å²) in [6, 6.07) is 17.6. The van der Waals surface area contributed by atoms with Gasteiger partial charge >= 0.3 is 0 Å². The molecule has 0 amide bonds. The molecule has 0 spiro atoms. The van der Waals surface area contributed by atoms with Crippen LogP contribution in [0.4, 0.5) is 17.1 Å². The van der Waals surface area contributed by atoms with E-state index in [2.05, 4.69) is 9.44 Å². The number of nitrogens with one attached hydrogen (secondary N) is 2. The molecule has 0 unspecified atom stereocenters.